The van der Waals surface area contributed by atoms with Crippen LogP contribution in [0.25, 0.3) is 11.6 Å². The number of nitrogens with zero attached hydrogens (tertiary/aromatic N) is 1. The summed E-state index contributed by atoms with van der Waals surface area (Å²) in [7, 11) is 0. The summed E-state index contributed by atoms with van der Waals surface area (Å²) in [6.07, 6.45) is -0.328. The molecule has 4 rings (SSSR count). The van der Waals surface area contributed by atoms with Crippen LogP contribution in [-0.2, 0) is 11.0 Å². The lowest BCUT2D eigenvalue weighted by molar-refractivity contribution is -0.137. The summed E-state index contributed by atoms with van der Waals surface area (Å²) in [6.45, 7) is 2.11. The summed E-state index contributed by atoms with van der Waals surface area (Å²) in [5, 5.41) is 2.52. The summed E-state index contributed by atoms with van der Waals surface area (Å²) in [5.41, 5.74) is 2.29. The minimum atomic E-state index is -4.43. The molecule has 0 atom stereocenters. The molecular weight excluding hydrogens is 341 g/mol. The van der Waals surface area contributed by atoms with Gasteiger partial charge in [0.15, 0.2) is 0 Å². The van der Waals surface area contributed by atoms with Gasteiger partial charge >= 0.3 is 6.18 Å². The van der Waals surface area contributed by atoms with Gasteiger partial charge in [-0.25, -0.2) is 0 Å². The molecule has 2 heterocycles. The number of carbonyl (C=O) groups excluding carboxylic acids is 1. The molecule has 2 aliphatic heterocycles. The van der Waals surface area contributed by atoms with Crippen LogP contribution in [0.3, 0.4) is 0 Å². The molecule has 2 aliphatic rings. The largest absolute Gasteiger partial charge is 0.416 e. The second kappa shape index (κ2) is 6.20. The molecule has 1 saturated heterocycles. The van der Waals surface area contributed by atoms with Crippen molar-refractivity contribution in [2.24, 2.45) is 0 Å². The van der Waals surface area contributed by atoms with Crippen LogP contribution >= 0.6 is 0 Å². The van der Waals surface area contributed by atoms with Gasteiger partial charge in [0.25, 0.3) is 5.91 Å². The molecule has 134 valence electrons. The van der Waals surface area contributed by atoms with E-state index in [2.05, 4.69) is 10.2 Å². The third-order valence-electron chi connectivity index (χ3n) is 4.81. The molecule has 1 fully saturated rings. The standard InChI is InChI=1S/C20H17F3N2O/c21-20(22,23)14-5-8-16-17(19(26)24-18(16)12-14)11-13-3-6-15(7-4-13)25-9-1-2-10-25/h3-8,11-12H,1-2,9-10H2,(H,24,26)/b17-11+. The first-order chi connectivity index (χ1) is 12.4. The number of hydrogen-bond donors (Lipinski definition) is 1. The van der Waals surface area contributed by atoms with Gasteiger partial charge < -0.3 is 10.2 Å². The van der Waals surface area contributed by atoms with Crippen LogP contribution in [-0.4, -0.2) is 19.0 Å². The van der Waals surface area contributed by atoms with Gasteiger partial charge in [0, 0.05) is 35.6 Å². The number of nitrogens with one attached hydrogen (secondary N) is 1. The quantitative estimate of drug-likeness (QED) is 0.782. The highest BCUT2D eigenvalue weighted by molar-refractivity contribution is 6.34. The van der Waals surface area contributed by atoms with Gasteiger partial charge in [-0.05, 0) is 48.7 Å². The van der Waals surface area contributed by atoms with E-state index in [1.165, 1.54) is 18.9 Å². The molecule has 0 aromatic heterocycles. The average molecular weight is 358 g/mol. The first-order valence-electron chi connectivity index (χ1n) is 8.51. The van der Waals surface area contributed by atoms with Crippen LogP contribution in [0.15, 0.2) is 42.5 Å². The lowest BCUT2D eigenvalue weighted by Crippen LogP contribution is -2.17. The Labute approximate surface area is 149 Å². The summed E-state index contributed by atoms with van der Waals surface area (Å²) < 4.78 is 38.5. The van der Waals surface area contributed by atoms with Crippen molar-refractivity contribution in [1.29, 1.82) is 0 Å². The second-order valence-corrected chi connectivity index (χ2v) is 6.56. The second-order valence-electron chi connectivity index (χ2n) is 6.56. The van der Waals surface area contributed by atoms with Gasteiger partial charge in [-0.15, -0.1) is 0 Å². The molecule has 0 bridgehead atoms. The molecule has 0 spiro atoms. The van der Waals surface area contributed by atoms with Crippen molar-refractivity contribution in [1.82, 2.24) is 0 Å². The first-order valence-corrected chi connectivity index (χ1v) is 8.51. The molecule has 0 saturated carbocycles. The summed E-state index contributed by atoms with van der Waals surface area (Å²) in [4.78, 5) is 14.5. The number of carbonyl (C=O) groups is 1. The Morgan fingerprint density at radius 1 is 1.00 bits per heavy atom. The lowest BCUT2D eigenvalue weighted by Gasteiger charge is -2.17. The molecular formula is C20H17F3N2O. The van der Waals surface area contributed by atoms with E-state index in [0.29, 0.717) is 11.1 Å². The highest BCUT2D eigenvalue weighted by Gasteiger charge is 2.33. The first kappa shape index (κ1) is 16.7. The van der Waals surface area contributed by atoms with Crippen LogP contribution in [0.1, 0.15) is 29.5 Å². The predicted molar refractivity (Wildman–Crippen MR) is 95.8 cm³/mol. The SMILES string of the molecule is O=C1Nc2cc(C(F)(F)F)ccc2/C1=C\c1ccc(N2CCCC2)cc1. The van der Waals surface area contributed by atoms with Crippen molar-refractivity contribution in [3.63, 3.8) is 0 Å². The third kappa shape index (κ3) is 3.07. The lowest BCUT2D eigenvalue weighted by atomic mass is 10.0. The minimum absolute atomic E-state index is 0.199. The normalized spacial score (nSPS) is 18.3. The Balaban J connectivity index is 1.63. The molecule has 0 radical (unpaired) electrons. The fraction of sp³-hybridized carbons (Fsp3) is 0.250. The van der Waals surface area contributed by atoms with E-state index in [0.717, 1.165) is 36.5 Å². The number of alkyl halides is 3. The fourth-order valence-electron chi connectivity index (χ4n) is 3.44. The maximum Gasteiger partial charge on any atom is 0.416 e. The van der Waals surface area contributed by atoms with Gasteiger partial charge in [0.1, 0.15) is 0 Å². The maximum absolute atomic E-state index is 12.8. The number of fused-ring (bicyclic) bond motifs is 1. The highest BCUT2D eigenvalue weighted by Crippen LogP contribution is 2.38. The number of hydrogen-bond acceptors (Lipinski definition) is 2. The van der Waals surface area contributed by atoms with E-state index >= 15 is 0 Å². The smallest absolute Gasteiger partial charge is 0.372 e. The van der Waals surface area contributed by atoms with Gasteiger partial charge in [0.05, 0.1) is 5.56 Å². The number of halogens is 3. The summed E-state index contributed by atoms with van der Waals surface area (Å²) >= 11 is 0. The molecule has 0 aliphatic carbocycles. The molecule has 3 nitrogen and oxygen atoms in total. The van der Waals surface area contributed by atoms with E-state index in [1.54, 1.807) is 6.08 Å². The summed E-state index contributed by atoms with van der Waals surface area (Å²) in [5.74, 6) is -0.386. The molecule has 0 unspecified atom stereocenters. The van der Waals surface area contributed by atoms with Crippen LogP contribution in [0.4, 0.5) is 24.5 Å². The third-order valence-corrected chi connectivity index (χ3v) is 4.81. The maximum atomic E-state index is 12.8. The topological polar surface area (TPSA) is 32.3 Å². The highest BCUT2D eigenvalue weighted by atomic mass is 19.4. The molecule has 26 heavy (non-hydrogen) atoms. The Hall–Kier alpha value is -2.76. The Kier molecular flexibility index (Phi) is 3.98. The van der Waals surface area contributed by atoms with Crippen molar-refractivity contribution in [2.75, 3.05) is 23.3 Å². The Morgan fingerprint density at radius 2 is 1.69 bits per heavy atom. The Morgan fingerprint density at radius 3 is 2.35 bits per heavy atom. The van der Waals surface area contributed by atoms with E-state index < -0.39 is 11.7 Å². The van der Waals surface area contributed by atoms with Crippen molar-refractivity contribution in [3.05, 3.63) is 59.2 Å². The Bertz CT molecular complexity index is 879. The average Bonchev–Trinajstić information content (AvgIpc) is 3.23. The summed E-state index contributed by atoms with van der Waals surface area (Å²) in [6, 6.07) is 11.2. The monoisotopic (exact) mass is 358 g/mol. The van der Waals surface area contributed by atoms with Crippen LogP contribution < -0.4 is 10.2 Å². The number of benzene rings is 2. The zero-order chi connectivity index (χ0) is 18.3. The molecule has 6 heteroatoms. The molecule has 2 aromatic carbocycles. The molecule has 2 aromatic rings. The predicted octanol–water partition coefficient (Wildman–Crippen LogP) is 4.80. The van der Waals surface area contributed by atoms with Gasteiger partial charge in [-0.1, -0.05) is 18.2 Å². The van der Waals surface area contributed by atoms with Crippen molar-refractivity contribution in [3.8, 4) is 0 Å². The molecule has 1 N–H and O–H groups in total. The van der Waals surface area contributed by atoms with E-state index in [9.17, 15) is 18.0 Å². The van der Waals surface area contributed by atoms with Crippen LogP contribution in [0, 0.1) is 0 Å². The van der Waals surface area contributed by atoms with E-state index in [4.69, 9.17) is 0 Å². The van der Waals surface area contributed by atoms with Gasteiger partial charge in [-0.2, -0.15) is 13.2 Å². The zero-order valence-electron chi connectivity index (χ0n) is 13.9. The van der Waals surface area contributed by atoms with Crippen LogP contribution in [0.5, 0.6) is 0 Å². The number of amides is 1. The van der Waals surface area contributed by atoms with Gasteiger partial charge in [0.2, 0.25) is 0 Å². The van der Waals surface area contributed by atoms with Crippen molar-refractivity contribution < 1.29 is 18.0 Å². The van der Waals surface area contributed by atoms with Crippen molar-refractivity contribution >= 4 is 28.9 Å². The fourth-order valence-corrected chi connectivity index (χ4v) is 3.44. The van der Waals surface area contributed by atoms with Crippen molar-refractivity contribution in [2.45, 2.75) is 19.0 Å². The van der Waals surface area contributed by atoms with E-state index in [-0.39, 0.29) is 11.6 Å². The number of rotatable bonds is 2. The zero-order valence-corrected chi connectivity index (χ0v) is 13.9. The van der Waals surface area contributed by atoms with Gasteiger partial charge in [-0.3, -0.25) is 4.79 Å². The van der Waals surface area contributed by atoms with Crippen LogP contribution in [0.2, 0.25) is 0 Å². The minimum Gasteiger partial charge on any atom is -0.372 e. The van der Waals surface area contributed by atoms with E-state index in [1.807, 2.05) is 24.3 Å². The number of anilines is 2. The molecule has 1 amide bonds.